The molecule has 1 aliphatic heterocycles. The van der Waals surface area contributed by atoms with Crippen molar-refractivity contribution < 1.29 is 0 Å². The smallest absolute Gasteiger partial charge is 0.0388 e. The molecule has 0 amide bonds. The van der Waals surface area contributed by atoms with Gasteiger partial charge in [-0.3, -0.25) is 4.90 Å². The van der Waals surface area contributed by atoms with E-state index in [1.807, 2.05) is 0 Å². The summed E-state index contributed by atoms with van der Waals surface area (Å²) >= 11 is 3.62. The van der Waals surface area contributed by atoms with E-state index in [4.69, 9.17) is 0 Å². The van der Waals surface area contributed by atoms with E-state index < -0.39 is 0 Å². The summed E-state index contributed by atoms with van der Waals surface area (Å²) in [6.07, 6.45) is 4.02. The Kier molecular flexibility index (Phi) is 6.06. The van der Waals surface area contributed by atoms with Gasteiger partial charge < -0.3 is 5.32 Å². The van der Waals surface area contributed by atoms with Gasteiger partial charge in [0.05, 0.1) is 0 Å². The molecule has 0 aromatic heterocycles. The maximum absolute atomic E-state index is 3.62. The van der Waals surface area contributed by atoms with E-state index in [1.54, 1.807) is 0 Å². The van der Waals surface area contributed by atoms with Crippen LogP contribution in [0.3, 0.4) is 0 Å². The maximum Gasteiger partial charge on any atom is 0.0388 e. The van der Waals surface area contributed by atoms with E-state index in [0.29, 0.717) is 12.0 Å². The topological polar surface area (TPSA) is 15.3 Å². The number of rotatable bonds is 4. The van der Waals surface area contributed by atoms with Gasteiger partial charge in [0.2, 0.25) is 0 Å². The van der Waals surface area contributed by atoms with Gasteiger partial charge >= 0.3 is 0 Å². The summed E-state index contributed by atoms with van der Waals surface area (Å²) in [5.74, 6) is 0.711. The molecular weight excluding hydrogens is 312 g/mol. The molecule has 2 unspecified atom stereocenters. The van der Waals surface area contributed by atoms with E-state index in [0.717, 1.165) is 13.1 Å². The third-order valence-electron chi connectivity index (χ3n) is 4.51. The van der Waals surface area contributed by atoms with Crippen molar-refractivity contribution in [1.29, 1.82) is 0 Å². The molecule has 0 aliphatic carbocycles. The van der Waals surface area contributed by atoms with Gasteiger partial charge in [-0.1, -0.05) is 41.4 Å². The van der Waals surface area contributed by atoms with Crippen LogP contribution in [-0.2, 0) is 0 Å². The lowest BCUT2D eigenvalue weighted by Crippen LogP contribution is -2.36. The Morgan fingerprint density at radius 2 is 2.15 bits per heavy atom. The molecule has 2 atom stereocenters. The molecule has 2 rings (SSSR count). The average Bonchev–Trinajstić information content (AvgIpc) is 2.64. The van der Waals surface area contributed by atoms with Crippen molar-refractivity contribution in [2.45, 2.75) is 39.2 Å². The highest BCUT2D eigenvalue weighted by molar-refractivity contribution is 9.10. The minimum Gasteiger partial charge on any atom is -0.319 e. The van der Waals surface area contributed by atoms with Crippen LogP contribution in [0.2, 0.25) is 0 Å². The predicted octanol–water partition coefficient (Wildman–Crippen LogP) is 4.14. The summed E-state index contributed by atoms with van der Waals surface area (Å²) in [5.41, 5.74) is 2.82. The minimum atomic E-state index is 0.557. The van der Waals surface area contributed by atoms with Gasteiger partial charge in [-0.2, -0.15) is 0 Å². The molecule has 112 valence electrons. The standard InChI is InChI=1S/C17H27BrN2/c1-4-20-10-6-5-7-15(12-19-3)17(20)14-8-9-16(18)13(2)11-14/h8-9,11,15,17,19H,4-7,10,12H2,1-3H3. The lowest BCUT2D eigenvalue weighted by molar-refractivity contribution is 0.162. The summed E-state index contributed by atoms with van der Waals surface area (Å²) in [6.45, 7) is 7.96. The highest BCUT2D eigenvalue weighted by Gasteiger charge is 2.29. The SMILES string of the molecule is CCN1CCCCC(CNC)C1c1ccc(Br)c(C)c1. The zero-order valence-electron chi connectivity index (χ0n) is 13.0. The Morgan fingerprint density at radius 3 is 2.80 bits per heavy atom. The summed E-state index contributed by atoms with van der Waals surface area (Å²) < 4.78 is 1.21. The molecular formula is C17H27BrN2. The van der Waals surface area contributed by atoms with E-state index in [9.17, 15) is 0 Å². The van der Waals surface area contributed by atoms with Crippen molar-refractivity contribution >= 4 is 15.9 Å². The predicted molar refractivity (Wildman–Crippen MR) is 90.1 cm³/mol. The van der Waals surface area contributed by atoms with E-state index in [2.05, 4.69) is 65.2 Å². The second kappa shape index (κ2) is 7.58. The van der Waals surface area contributed by atoms with Crippen LogP contribution in [0.25, 0.3) is 0 Å². The van der Waals surface area contributed by atoms with Crippen molar-refractivity contribution in [3.63, 3.8) is 0 Å². The third-order valence-corrected chi connectivity index (χ3v) is 5.40. The van der Waals surface area contributed by atoms with Gasteiger partial charge in [0.25, 0.3) is 0 Å². The highest BCUT2D eigenvalue weighted by atomic mass is 79.9. The number of benzene rings is 1. The van der Waals surface area contributed by atoms with Crippen LogP contribution in [-0.4, -0.2) is 31.6 Å². The Labute approximate surface area is 132 Å². The zero-order valence-corrected chi connectivity index (χ0v) is 14.5. The minimum absolute atomic E-state index is 0.557. The molecule has 1 N–H and O–H groups in total. The lowest BCUT2D eigenvalue weighted by atomic mass is 9.88. The Morgan fingerprint density at radius 1 is 1.35 bits per heavy atom. The molecule has 1 aromatic carbocycles. The first-order valence-electron chi connectivity index (χ1n) is 7.82. The van der Waals surface area contributed by atoms with Crippen LogP contribution in [0.15, 0.2) is 22.7 Å². The Hall–Kier alpha value is -0.380. The van der Waals surface area contributed by atoms with Crippen molar-refractivity contribution in [1.82, 2.24) is 10.2 Å². The summed E-state index contributed by atoms with van der Waals surface area (Å²) in [5, 5.41) is 3.40. The molecule has 0 saturated carbocycles. The van der Waals surface area contributed by atoms with E-state index >= 15 is 0 Å². The molecule has 0 bridgehead atoms. The second-order valence-electron chi connectivity index (χ2n) is 5.90. The fraction of sp³-hybridized carbons (Fsp3) is 0.647. The number of likely N-dealkylation sites (tertiary alicyclic amines) is 1. The molecule has 1 saturated heterocycles. The number of nitrogens with one attached hydrogen (secondary N) is 1. The molecule has 1 heterocycles. The second-order valence-corrected chi connectivity index (χ2v) is 6.75. The fourth-order valence-electron chi connectivity index (χ4n) is 3.48. The largest absolute Gasteiger partial charge is 0.319 e. The van der Waals surface area contributed by atoms with Crippen molar-refractivity contribution in [3.8, 4) is 0 Å². The van der Waals surface area contributed by atoms with Crippen LogP contribution in [0.4, 0.5) is 0 Å². The van der Waals surface area contributed by atoms with Crippen molar-refractivity contribution in [3.05, 3.63) is 33.8 Å². The summed E-state index contributed by atoms with van der Waals surface area (Å²) in [7, 11) is 2.07. The number of hydrogen-bond acceptors (Lipinski definition) is 2. The molecule has 2 nitrogen and oxygen atoms in total. The number of hydrogen-bond donors (Lipinski definition) is 1. The molecule has 3 heteroatoms. The van der Waals surface area contributed by atoms with Crippen LogP contribution < -0.4 is 5.32 Å². The molecule has 0 radical (unpaired) electrons. The quantitative estimate of drug-likeness (QED) is 0.887. The molecule has 1 aliphatic rings. The van der Waals surface area contributed by atoms with Gasteiger partial charge in [0, 0.05) is 10.5 Å². The third kappa shape index (κ3) is 3.63. The Bertz CT molecular complexity index is 433. The van der Waals surface area contributed by atoms with Gasteiger partial charge in [-0.25, -0.2) is 0 Å². The average molecular weight is 339 g/mol. The first-order chi connectivity index (χ1) is 9.67. The number of aryl methyl sites for hydroxylation is 1. The van der Waals surface area contributed by atoms with Crippen LogP contribution in [0, 0.1) is 12.8 Å². The monoisotopic (exact) mass is 338 g/mol. The normalized spacial score (nSPS) is 24.6. The molecule has 0 spiro atoms. The van der Waals surface area contributed by atoms with E-state index in [-0.39, 0.29) is 0 Å². The van der Waals surface area contributed by atoms with Crippen LogP contribution >= 0.6 is 15.9 Å². The van der Waals surface area contributed by atoms with Crippen molar-refractivity contribution in [2.24, 2.45) is 5.92 Å². The fourth-order valence-corrected chi connectivity index (χ4v) is 3.73. The van der Waals surface area contributed by atoms with Crippen LogP contribution in [0.1, 0.15) is 43.4 Å². The number of nitrogens with zero attached hydrogens (tertiary/aromatic N) is 1. The summed E-state index contributed by atoms with van der Waals surface area (Å²) in [6, 6.07) is 7.44. The maximum atomic E-state index is 3.62. The molecule has 1 aromatic rings. The van der Waals surface area contributed by atoms with Gasteiger partial charge in [-0.15, -0.1) is 0 Å². The lowest BCUT2D eigenvalue weighted by Gasteiger charge is -2.35. The van der Waals surface area contributed by atoms with Gasteiger partial charge in [-0.05, 0) is 69.6 Å². The highest BCUT2D eigenvalue weighted by Crippen LogP contribution is 2.36. The molecule has 20 heavy (non-hydrogen) atoms. The first kappa shape index (κ1) is 16.0. The summed E-state index contributed by atoms with van der Waals surface area (Å²) in [4.78, 5) is 2.66. The zero-order chi connectivity index (χ0) is 14.5. The van der Waals surface area contributed by atoms with Gasteiger partial charge in [0.1, 0.15) is 0 Å². The Balaban J connectivity index is 2.34. The van der Waals surface area contributed by atoms with Crippen LogP contribution in [0.5, 0.6) is 0 Å². The molecule has 1 fully saturated rings. The van der Waals surface area contributed by atoms with E-state index in [1.165, 1.54) is 41.4 Å². The number of halogens is 1. The van der Waals surface area contributed by atoms with Gasteiger partial charge in [0.15, 0.2) is 0 Å². The van der Waals surface area contributed by atoms with Crippen molar-refractivity contribution in [2.75, 3.05) is 26.7 Å². The first-order valence-corrected chi connectivity index (χ1v) is 8.61.